The summed E-state index contributed by atoms with van der Waals surface area (Å²) < 4.78 is 21.8. The molecule has 0 saturated carbocycles. The molecule has 0 rings (SSSR count). The lowest BCUT2D eigenvalue weighted by Crippen LogP contribution is -2.07. The van der Waals surface area contributed by atoms with Crippen molar-refractivity contribution in [3.05, 3.63) is 0 Å². The monoisotopic (exact) mass is 240 g/mol. The molecule has 0 fully saturated rings. The van der Waals surface area contributed by atoms with Crippen molar-refractivity contribution in [2.75, 3.05) is 25.1 Å². The topological polar surface area (TPSA) is 52.6 Å². The maximum absolute atomic E-state index is 11.8. The van der Waals surface area contributed by atoms with E-state index in [1.807, 2.05) is 6.92 Å². The zero-order valence-corrected chi connectivity index (χ0v) is 10.5. The summed E-state index contributed by atoms with van der Waals surface area (Å²) in [7, 11) is -3.18. The molecule has 0 saturated heterocycles. The molecule has 0 spiro atoms. The summed E-state index contributed by atoms with van der Waals surface area (Å²) >= 11 is 1.14. The van der Waals surface area contributed by atoms with Crippen LogP contribution in [0.2, 0.25) is 0 Å². The van der Waals surface area contributed by atoms with Crippen LogP contribution in [0.5, 0.6) is 0 Å². The first-order chi connectivity index (χ1) is 6.58. The van der Waals surface area contributed by atoms with Crippen LogP contribution < -0.4 is 0 Å². The lowest BCUT2D eigenvalue weighted by Gasteiger charge is -2.15. The molecule has 0 unspecified atom stereocenters. The first-order valence-corrected chi connectivity index (χ1v) is 7.33. The molecular weight excluding hydrogens is 223 g/mol. The molecule has 0 heterocycles. The van der Waals surface area contributed by atoms with Gasteiger partial charge in [-0.1, -0.05) is 18.7 Å². The molecule has 6 heteroatoms. The van der Waals surface area contributed by atoms with E-state index in [-0.39, 0.29) is 11.3 Å². The van der Waals surface area contributed by atoms with E-state index in [0.717, 1.165) is 11.8 Å². The predicted octanol–water partition coefficient (Wildman–Crippen LogP) is 2.53. The normalized spacial score (nSPS) is 11.6. The van der Waals surface area contributed by atoms with Gasteiger partial charge in [-0.2, -0.15) is 0 Å². The highest BCUT2D eigenvalue weighted by Crippen LogP contribution is 2.48. The minimum Gasteiger partial charge on any atom is -0.309 e. The third-order valence-corrected chi connectivity index (χ3v) is 4.23. The lowest BCUT2D eigenvalue weighted by atomic mass is 10.9. The van der Waals surface area contributed by atoms with Crippen LogP contribution in [0.3, 0.4) is 0 Å². The number of rotatable bonds is 7. The van der Waals surface area contributed by atoms with Crippen LogP contribution >= 0.6 is 19.4 Å². The molecule has 14 heavy (non-hydrogen) atoms. The Morgan fingerprint density at radius 2 is 1.71 bits per heavy atom. The fourth-order valence-corrected chi connectivity index (χ4v) is 3.41. The molecular formula is C8H17O4PS. The Morgan fingerprint density at radius 3 is 2.07 bits per heavy atom. The Kier molecular flexibility index (Phi) is 7.55. The van der Waals surface area contributed by atoms with E-state index in [0.29, 0.717) is 19.0 Å². The highest BCUT2D eigenvalue weighted by molar-refractivity contribution is 8.14. The smallest absolute Gasteiger partial charge is 0.309 e. The van der Waals surface area contributed by atoms with Gasteiger partial charge >= 0.3 is 7.60 Å². The van der Waals surface area contributed by atoms with Crippen LogP contribution in [-0.2, 0) is 18.4 Å². The summed E-state index contributed by atoms with van der Waals surface area (Å²) in [5.41, 5.74) is 0. The number of hydrogen-bond acceptors (Lipinski definition) is 5. The zero-order chi connectivity index (χ0) is 11.0. The van der Waals surface area contributed by atoms with Crippen LogP contribution in [0.25, 0.3) is 0 Å². The molecule has 0 aliphatic heterocycles. The van der Waals surface area contributed by atoms with Gasteiger partial charge in [0.15, 0.2) is 0 Å². The van der Waals surface area contributed by atoms with Crippen LogP contribution in [0, 0.1) is 0 Å². The van der Waals surface area contributed by atoms with Crippen molar-refractivity contribution in [3.8, 4) is 0 Å². The molecule has 0 aliphatic rings. The number of carbonyl (C=O) groups excluding carboxylic acids is 1. The number of thioether (sulfide) groups is 1. The Morgan fingerprint density at radius 1 is 1.21 bits per heavy atom. The van der Waals surface area contributed by atoms with Gasteiger partial charge in [0.25, 0.3) is 0 Å². The summed E-state index contributed by atoms with van der Waals surface area (Å²) in [6, 6.07) is 0. The maximum atomic E-state index is 11.8. The largest absolute Gasteiger partial charge is 0.338 e. The maximum Gasteiger partial charge on any atom is 0.338 e. The van der Waals surface area contributed by atoms with Gasteiger partial charge in [-0.15, -0.1) is 0 Å². The van der Waals surface area contributed by atoms with Gasteiger partial charge in [0.05, 0.1) is 13.2 Å². The standard InChI is InChI=1S/C8H17O4PS/c1-4-11-13(10,12-5-2)7-8(9)14-6-3/h4-7H2,1-3H3. The zero-order valence-electron chi connectivity index (χ0n) is 8.82. The fourth-order valence-electron chi connectivity index (χ4n) is 0.887. The van der Waals surface area contributed by atoms with Gasteiger partial charge in [0, 0.05) is 0 Å². The second kappa shape index (κ2) is 7.46. The number of carbonyl (C=O) groups is 1. The molecule has 0 amide bonds. The minimum atomic E-state index is -3.18. The summed E-state index contributed by atoms with van der Waals surface area (Å²) in [6.45, 7) is 5.91. The van der Waals surface area contributed by atoms with E-state index in [1.165, 1.54) is 0 Å². The molecule has 0 N–H and O–H groups in total. The Balaban J connectivity index is 4.21. The van der Waals surface area contributed by atoms with E-state index in [4.69, 9.17) is 9.05 Å². The highest BCUT2D eigenvalue weighted by Gasteiger charge is 2.27. The third-order valence-electron chi connectivity index (χ3n) is 1.28. The molecule has 0 atom stereocenters. The molecule has 0 aliphatic carbocycles. The van der Waals surface area contributed by atoms with Crippen molar-refractivity contribution in [1.29, 1.82) is 0 Å². The van der Waals surface area contributed by atoms with Crippen molar-refractivity contribution < 1.29 is 18.4 Å². The summed E-state index contributed by atoms with van der Waals surface area (Å²) in [5, 5.41) is -0.141. The van der Waals surface area contributed by atoms with E-state index < -0.39 is 7.60 Å². The highest BCUT2D eigenvalue weighted by atomic mass is 32.2. The molecule has 0 aromatic rings. The Labute approximate surface area is 89.3 Å². The lowest BCUT2D eigenvalue weighted by molar-refractivity contribution is -0.109. The second-order valence-corrected chi connectivity index (χ2v) is 5.79. The van der Waals surface area contributed by atoms with Crippen molar-refractivity contribution in [2.45, 2.75) is 20.8 Å². The van der Waals surface area contributed by atoms with Crippen LogP contribution in [-0.4, -0.2) is 30.2 Å². The third kappa shape index (κ3) is 5.81. The van der Waals surface area contributed by atoms with Gasteiger partial charge in [-0.05, 0) is 19.6 Å². The summed E-state index contributed by atoms with van der Waals surface area (Å²) in [5.74, 6) is 0.678. The fraction of sp³-hybridized carbons (Fsp3) is 0.875. The van der Waals surface area contributed by atoms with Crippen LogP contribution in [0.1, 0.15) is 20.8 Å². The van der Waals surface area contributed by atoms with Gasteiger partial charge in [0.1, 0.15) is 6.16 Å². The van der Waals surface area contributed by atoms with Crippen molar-refractivity contribution in [1.82, 2.24) is 0 Å². The molecule has 84 valence electrons. The summed E-state index contributed by atoms with van der Waals surface area (Å²) in [6.07, 6.45) is -0.132. The van der Waals surface area contributed by atoms with E-state index in [1.54, 1.807) is 13.8 Å². The predicted molar refractivity (Wildman–Crippen MR) is 58.9 cm³/mol. The van der Waals surface area contributed by atoms with Gasteiger partial charge in [0.2, 0.25) is 5.12 Å². The molecule has 0 bridgehead atoms. The Bertz CT molecular complexity index is 209. The van der Waals surface area contributed by atoms with Crippen molar-refractivity contribution >= 4 is 24.5 Å². The molecule has 0 aromatic carbocycles. The second-order valence-electron chi connectivity index (χ2n) is 2.41. The van der Waals surface area contributed by atoms with Gasteiger partial charge in [-0.3, -0.25) is 9.36 Å². The van der Waals surface area contributed by atoms with Gasteiger partial charge < -0.3 is 9.05 Å². The van der Waals surface area contributed by atoms with E-state index in [2.05, 4.69) is 0 Å². The quantitative estimate of drug-likeness (QED) is 0.640. The van der Waals surface area contributed by atoms with E-state index in [9.17, 15) is 9.36 Å². The molecule has 0 aromatic heterocycles. The Hall–Kier alpha value is 0.170. The number of hydrogen-bond donors (Lipinski definition) is 0. The van der Waals surface area contributed by atoms with Crippen LogP contribution in [0.4, 0.5) is 0 Å². The van der Waals surface area contributed by atoms with E-state index >= 15 is 0 Å². The first-order valence-electron chi connectivity index (χ1n) is 4.61. The SMILES string of the molecule is CCOP(=O)(CC(=O)SCC)OCC. The average molecular weight is 240 g/mol. The van der Waals surface area contributed by atoms with Gasteiger partial charge in [-0.25, -0.2) is 0 Å². The minimum absolute atomic E-state index is 0.132. The summed E-state index contributed by atoms with van der Waals surface area (Å²) in [4.78, 5) is 11.2. The first kappa shape index (κ1) is 14.2. The average Bonchev–Trinajstić information content (AvgIpc) is 2.04. The molecule has 0 radical (unpaired) electrons. The molecule has 4 nitrogen and oxygen atoms in total. The van der Waals surface area contributed by atoms with Crippen molar-refractivity contribution in [2.24, 2.45) is 0 Å². The van der Waals surface area contributed by atoms with Crippen LogP contribution in [0.15, 0.2) is 0 Å². The van der Waals surface area contributed by atoms with Crippen molar-refractivity contribution in [3.63, 3.8) is 0 Å².